The third-order valence-corrected chi connectivity index (χ3v) is 3.62. The maximum atomic E-state index is 8.83. The van der Waals surface area contributed by atoms with Gasteiger partial charge in [0.15, 0.2) is 0 Å². The molecule has 0 aliphatic heterocycles. The number of nitriles is 2. The molecule has 0 N–H and O–H groups in total. The molecule has 0 aromatic heterocycles. The van der Waals surface area contributed by atoms with E-state index in [0.717, 1.165) is 41.5 Å². The van der Waals surface area contributed by atoms with Gasteiger partial charge in [0.05, 0.1) is 25.0 Å². The summed E-state index contributed by atoms with van der Waals surface area (Å²) in [6, 6.07) is 19.9. The van der Waals surface area contributed by atoms with Crippen molar-refractivity contribution in [1.82, 2.24) is 0 Å². The van der Waals surface area contributed by atoms with Crippen LogP contribution in [0.3, 0.4) is 0 Å². The van der Waals surface area contributed by atoms with Gasteiger partial charge in [-0.3, -0.25) is 0 Å². The van der Waals surface area contributed by atoms with Gasteiger partial charge >= 0.3 is 0 Å². The SMILES string of the molecule is N#CCc1ccccc1C#CCCCC#Cc1ccccc1CC#N. The summed E-state index contributed by atoms with van der Waals surface area (Å²) >= 11 is 0. The van der Waals surface area contributed by atoms with Crippen LogP contribution in [0.2, 0.25) is 0 Å². The third-order valence-electron chi connectivity index (χ3n) is 3.62. The monoisotopic (exact) mass is 322 g/mol. The quantitative estimate of drug-likeness (QED) is 0.619. The molecule has 2 aromatic carbocycles. The Labute approximate surface area is 149 Å². The van der Waals surface area contributed by atoms with Crippen LogP contribution in [0.4, 0.5) is 0 Å². The van der Waals surface area contributed by atoms with Crippen LogP contribution >= 0.6 is 0 Å². The first kappa shape index (κ1) is 17.9. The zero-order chi connectivity index (χ0) is 17.7. The van der Waals surface area contributed by atoms with Gasteiger partial charge in [-0.25, -0.2) is 0 Å². The molecule has 0 atom stereocenters. The first-order valence-corrected chi connectivity index (χ1v) is 8.22. The van der Waals surface area contributed by atoms with Crippen molar-refractivity contribution >= 4 is 0 Å². The van der Waals surface area contributed by atoms with E-state index < -0.39 is 0 Å². The van der Waals surface area contributed by atoms with Crippen molar-refractivity contribution in [2.45, 2.75) is 32.1 Å². The van der Waals surface area contributed by atoms with Gasteiger partial charge in [-0.2, -0.15) is 10.5 Å². The Kier molecular flexibility index (Phi) is 7.40. The number of hydrogen-bond acceptors (Lipinski definition) is 2. The summed E-state index contributed by atoms with van der Waals surface area (Å²) in [6.45, 7) is 0. The lowest BCUT2D eigenvalue weighted by Crippen LogP contribution is -1.87. The first-order chi connectivity index (χ1) is 12.3. The predicted octanol–water partition coefficient (Wildman–Crippen LogP) is 4.39. The number of nitrogens with zero attached hydrogens (tertiary/aromatic N) is 2. The van der Waals surface area contributed by atoms with Gasteiger partial charge in [0, 0.05) is 24.0 Å². The molecule has 0 aliphatic carbocycles. The fourth-order valence-corrected chi connectivity index (χ4v) is 2.34. The Morgan fingerprint density at radius 3 is 1.52 bits per heavy atom. The number of rotatable bonds is 4. The minimum absolute atomic E-state index is 0.387. The zero-order valence-corrected chi connectivity index (χ0v) is 14.0. The lowest BCUT2D eigenvalue weighted by molar-refractivity contribution is 0.903. The predicted molar refractivity (Wildman–Crippen MR) is 99.1 cm³/mol. The molecule has 0 bridgehead atoms. The van der Waals surface area contributed by atoms with Gasteiger partial charge < -0.3 is 0 Å². The number of hydrogen-bond donors (Lipinski definition) is 0. The molecule has 2 rings (SSSR count). The Bertz CT molecular complexity index is 841. The third kappa shape index (κ3) is 5.92. The van der Waals surface area contributed by atoms with Crippen LogP contribution in [0.5, 0.6) is 0 Å². The van der Waals surface area contributed by atoms with E-state index >= 15 is 0 Å². The molecular formula is C23H18N2. The summed E-state index contributed by atoms with van der Waals surface area (Å²) in [4.78, 5) is 0. The molecule has 0 heterocycles. The molecule has 2 heteroatoms. The second kappa shape index (κ2) is 10.3. The van der Waals surface area contributed by atoms with E-state index in [1.807, 2.05) is 48.5 Å². The van der Waals surface area contributed by atoms with Crippen LogP contribution in [0, 0.1) is 46.3 Å². The molecule has 0 saturated carbocycles. The molecule has 0 unspecified atom stereocenters. The average Bonchev–Trinajstić information content (AvgIpc) is 2.64. The highest BCUT2D eigenvalue weighted by atomic mass is 14.2. The van der Waals surface area contributed by atoms with Gasteiger partial charge in [0.1, 0.15) is 0 Å². The molecule has 2 aromatic rings. The van der Waals surface area contributed by atoms with Gasteiger partial charge in [-0.05, 0) is 29.7 Å². The van der Waals surface area contributed by atoms with Crippen molar-refractivity contribution in [2.24, 2.45) is 0 Å². The van der Waals surface area contributed by atoms with Gasteiger partial charge in [-0.15, -0.1) is 0 Å². The molecule has 120 valence electrons. The Morgan fingerprint density at radius 2 is 1.08 bits per heavy atom. The summed E-state index contributed by atoms with van der Waals surface area (Å²) in [5.41, 5.74) is 3.82. The standard InChI is InChI=1S/C23H18N2/c24-18-16-22-14-8-6-12-20(22)10-4-2-1-3-5-11-21-13-7-9-15-23(21)17-19-25/h6-9,12-15H,1-3,16-17H2. The second-order valence-electron chi connectivity index (χ2n) is 5.44. The molecule has 0 spiro atoms. The van der Waals surface area contributed by atoms with E-state index in [4.69, 9.17) is 10.5 Å². The van der Waals surface area contributed by atoms with Crippen molar-refractivity contribution in [3.8, 4) is 35.8 Å². The van der Waals surface area contributed by atoms with Crippen LogP contribution in [0.15, 0.2) is 48.5 Å². The van der Waals surface area contributed by atoms with E-state index in [9.17, 15) is 0 Å². The van der Waals surface area contributed by atoms with E-state index in [0.29, 0.717) is 12.8 Å². The first-order valence-electron chi connectivity index (χ1n) is 8.22. The number of benzene rings is 2. The normalized spacial score (nSPS) is 8.88. The zero-order valence-electron chi connectivity index (χ0n) is 14.0. The minimum Gasteiger partial charge on any atom is -0.198 e. The van der Waals surface area contributed by atoms with E-state index in [-0.39, 0.29) is 0 Å². The van der Waals surface area contributed by atoms with Crippen molar-refractivity contribution in [2.75, 3.05) is 0 Å². The molecule has 0 saturated heterocycles. The Balaban J connectivity index is 1.87. The average molecular weight is 322 g/mol. The van der Waals surface area contributed by atoms with Crippen LogP contribution in [0.25, 0.3) is 0 Å². The van der Waals surface area contributed by atoms with Gasteiger partial charge in [0.25, 0.3) is 0 Å². The molecule has 0 amide bonds. The van der Waals surface area contributed by atoms with E-state index in [1.54, 1.807) is 0 Å². The van der Waals surface area contributed by atoms with Gasteiger partial charge in [0.2, 0.25) is 0 Å². The van der Waals surface area contributed by atoms with Crippen LogP contribution < -0.4 is 0 Å². The molecular weight excluding hydrogens is 304 g/mol. The summed E-state index contributed by atoms with van der Waals surface area (Å²) in [7, 11) is 0. The summed E-state index contributed by atoms with van der Waals surface area (Å²) in [5, 5.41) is 17.7. The highest BCUT2D eigenvalue weighted by molar-refractivity contribution is 5.43. The lowest BCUT2D eigenvalue weighted by Gasteiger charge is -1.98. The van der Waals surface area contributed by atoms with E-state index in [2.05, 4.69) is 35.8 Å². The topological polar surface area (TPSA) is 47.6 Å². The smallest absolute Gasteiger partial charge is 0.0670 e. The number of unbranched alkanes of at least 4 members (excludes halogenated alkanes) is 2. The van der Waals surface area contributed by atoms with Gasteiger partial charge in [-0.1, -0.05) is 60.1 Å². The highest BCUT2D eigenvalue weighted by Gasteiger charge is 1.97. The second-order valence-corrected chi connectivity index (χ2v) is 5.44. The molecule has 0 fully saturated rings. The Hall–Kier alpha value is -3.46. The molecule has 0 radical (unpaired) electrons. The lowest BCUT2D eigenvalue weighted by atomic mass is 10.0. The Morgan fingerprint density at radius 1 is 0.640 bits per heavy atom. The minimum atomic E-state index is 0.387. The maximum Gasteiger partial charge on any atom is 0.0670 e. The van der Waals surface area contributed by atoms with Crippen molar-refractivity contribution in [3.63, 3.8) is 0 Å². The van der Waals surface area contributed by atoms with Crippen LogP contribution in [-0.4, -0.2) is 0 Å². The van der Waals surface area contributed by atoms with Crippen molar-refractivity contribution in [1.29, 1.82) is 10.5 Å². The maximum absolute atomic E-state index is 8.83. The van der Waals surface area contributed by atoms with E-state index in [1.165, 1.54) is 0 Å². The highest BCUT2D eigenvalue weighted by Crippen LogP contribution is 2.09. The largest absolute Gasteiger partial charge is 0.198 e. The fraction of sp³-hybridized carbons (Fsp3) is 0.217. The van der Waals surface area contributed by atoms with Crippen molar-refractivity contribution < 1.29 is 0 Å². The summed E-state index contributed by atoms with van der Waals surface area (Å²) < 4.78 is 0. The van der Waals surface area contributed by atoms with Crippen LogP contribution in [-0.2, 0) is 12.8 Å². The van der Waals surface area contributed by atoms with Crippen molar-refractivity contribution in [3.05, 3.63) is 70.8 Å². The fourth-order valence-electron chi connectivity index (χ4n) is 2.34. The molecule has 25 heavy (non-hydrogen) atoms. The molecule has 2 nitrogen and oxygen atoms in total. The summed E-state index contributed by atoms with van der Waals surface area (Å²) in [6.07, 6.45) is 3.22. The summed E-state index contributed by atoms with van der Waals surface area (Å²) in [5.74, 6) is 12.6. The molecule has 0 aliphatic rings. The van der Waals surface area contributed by atoms with Crippen LogP contribution in [0.1, 0.15) is 41.5 Å².